The average Bonchev–Trinajstić information content (AvgIpc) is 3.33. The van der Waals surface area contributed by atoms with Gasteiger partial charge in [-0.25, -0.2) is 22.7 Å². The van der Waals surface area contributed by atoms with E-state index in [1.807, 2.05) is 0 Å². The van der Waals surface area contributed by atoms with E-state index in [1.54, 1.807) is 51.1 Å². The summed E-state index contributed by atoms with van der Waals surface area (Å²) in [5.74, 6) is -2.79. The first-order valence-corrected chi connectivity index (χ1v) is 14.2. The third-order valence-corrected chi connectivity index (χ3v) is 7.66. The summed E-state index contributed by atoms with van der Waals surface area (Å²) in [6, 6.07) is 5.86. The third kappa shape index (κ3) is 8.15. The molecule has 2 N–H and O–H groups in total. The van der Waals surface area contributed by atoms with Crippen molar-refractivity contribution in [2.24, 2.45) is 0 Å². The summed E-state index contributed by atoms with van der Waals surface area (Å²) in [5.41, 5.74) is -0.154. The molecule has 0 radical (unpaired) electrons. The SMILES string of the molecule is CC(C)(C)OC(=O)N1CCN(C(=O)CC(NS(=O)(=O)Cc2ccccc2)C(=O)N2CCCC2C(=O)O)CC1. The molecule has 2 saturated heterocycles. The molecule has 2 atom stereocenters. The maximum atomic E-state index is 13.4. The Bertz CT molecular complexity index is 1130. The van der Waals surface area contributed by atoms with Crippen LogP contribution in [0.4, 0.5) is 4.79 Å². The minimum Gasteiger partial charge on any atom is -0.480 e. The molecule has 2 aliphatic heterocycles. The number of sulfonamides is 1. The minimum absolute atomic E-state index is 0.162. The van der Waals surface area contributed by atoms with Crippen LogP contribution in [-0.2, 0) is 34.9 Å². The number of carboxylic acid groups (broad SMARTS) is 1. The Labute approximate surface area is 222 Å². The lowest BCUT2D eigenvalue weighted by Gasteiger charge is -2.36. The van der Waals surface area contributed by atoms with Crippen LogP contribution in [0.3, 0.4) is 0 Å². The zero-order valence-electron chi connectivity index (χ0n) is 22.0. The summed E-state index contributed by atoms with van der Waals surface area (Å²) in [5, 5.41) is 9.52. The number of carbonyl (C=O) groups is 4. The first kappa shape index (κ1) is 29.4. The van der Waals surface area contributed by atoms with Crippen LogP contribution in [-0.4, -0.2) is 103 Å². The monoisotopic (exact) mass is 552 g/mol. The molecular weight excluding hydrogens is 516 g/mol. The lowest BCUT2D eigenvalue weighted by molar-refractivity contribution is -0.149. The number of piperazine rings is 1. The molecule has 13 heteroatoms. The Morgan fingerprint density at radius 1 is 1.03 bits per heavy atom. The van der Waals surface area contributed by atoms with Gasteiger partial charge in [0.25, 0.3) is 0 Å². The summed E-state index contributed by atoms with van der Waals surface area (Å²) in [6.45, 7) is 6.28. The second-order valence-corrected chi connectivity index (χ2v) is 12.2. The fourth-order valence-electron chi connectivity index (χ4n) is 4.49. The van der Waals surface area contributed by atoms with Gasteiger partial charge in [0, 0.05) is 32.7 Å². The van der Waals surface area contributed by atoms with Crippen LogP contribution in [0.5, 0.6) is 0 Å². The van der Waals surface area contributed by atoms with Crippen LogP contribution in [0.15, 0.2) is 30.3 Å². The minimum atomic E-state index is -4.05. The van der Waals surface area contributed by atoms with Crippen molar-refractivity contribution in [3.8, 4) is 0 Å². The largest absolute Gasteiger partial charge is 0.480 e. The molecule has 0 bridgehead atoms. The quantitative estimate of drug-likeness (QED) is 0.485. The topological polar surface area (TPSA) is 154 Å². The molecule has 1 aromatic carbocycles. The number of nitrogens with zero attached hydrogens (tertiary/aromatic N) is 3. The highest BCUT2D eigenvalue weighted by molar-refractivity contribution is 7.88. The van der Waals surface area contributed by atoms with Crippen LogP contribution in [0.1, 0.15) is 45.6 Å². The molecule has 38 heavy (non-hydrogen) atoms. The fraction of sp³-hybridized carbons (Fsp3) is 0.600. The lowest BCUT2D eigenvalue weighted by atomic mass is 10.1. The van der Waals surface area contributed by atoms with Crippen LogP contribution in [0.2, 0.25) is 0 Å². The maximum Gasteiger partial charge on any atom is 0.410 e. The van der Waals surface area contributed by atoms with Gasteiger partial charge in [-0.15, -0.1) is 0 Å². The normalized spacial score (nSPS) is 19.2. The highest BCUT2D eigenvalue weighted by atomic mass is 32.2. The first-order valence-electron chi connectivity index (χ1n) is 12.6. The number of nitrogens with one attached hydrogen (secondary N) is 1. The smallest absolute Gasteiger partial charge is 0.410 e. The van der Waals surface area contributed by atoms with E-state index in [2.05, 4.69) is 4.72 Å². The van der Waals surface area contributed by atoms with Crippen molar-refractivity contribution in [1.82, 2.24) is 19.4 Å². The summed E-state index contributed by atoms with van der Waals surface area (Å²) in [7, 11) is -4.05. The molecule has 2 fully saturated rings. The average molecular weight is 553 g/mol. The van der Waals surface area contributed by atoms with Crippen molar-refractivity contribution in [2.75, 3.05) is 32.7 Å². The van der Waals surface area contributed by atoms with Crippen molar-refractivity contribution >= 4 is 33.9 Å². The predicted molar refractivity (Wildman–Crippen MR) is 137 cm³/mol. The van der Waals surface area contributed by atoms with E-state index in [-0.39, 0.29) is 39.1 Å². The van der Waals surface area contributed by atoms with Crippen molar-refractivity contribution in [3.05, 3.63) is 35.9 Å². The fourth-order valence-corrected chi connectivity index (χ4v) is 5.82. The number of likely N-dealkylation sites (tertiary alicyclic amines) is 1. The number of benzene rings is 1. The van der Waals surface area contributed by atoms with Crippen LogP contribution >= 0.6 is 0 Å². The standard InChI is InChI=1S/C25H36N4O8S/c1-25(2,3)37-24(34)28-14-12-27(13-15-28)21(30)16-19(22(31)29-11-7-10-20(29)23(32)33)26-38(35,36)17-18-8-5-4-6-9-18/h4-6,8-9,19-20,26H,7,10-17H2,1-3H3,(H,32,33). The van der Waals surface area contributed by atoms with E-state index in [4.69, 9.17) is 4.74 Å². The summed E-state index contributed by atoms with van der Waals surface area (Å²) >= 11 is 0. The number of hydrogen-bond acceptors (Lipinski definition) is 7. The van der Waals surface area contributed by atoms with Crippen molar-refractivity contribution in [2.45, 2.75) is 63.5 Å². The van der Waals surface area contributed by atoms with Crippen LogP contribution < -0.4 is 4.72 Å². The van der Waals surface area contributed by atoms with Gasteiger partial charge in [0.15, 0.2) is 0 Å². The van der Waals surface area contributed by atoms with E-state index >= 15 is 0 Å². The summed E-state index contributed by atoms with van der Waals surface area (Å²) in [6.07, 6.45) is -0.236. The molecule has 2 unspecified atom stereocenters. The molecule has 1 aromatic rings. The first-order chi connectivity index (χ1) is 17.8. The second-order valence-electron chi connectivity index (χ2n) is 10.5. The molecule has 0 saturated carbocycles. The molecule has 0 aliphatic carbocycles. The summed E-state index contributed by atoms with van der Waals surface area (Å²) < 4.78 is 33.6. The number of hydrogen-bond donors (Lipinski definition) is 2. The maximum absolute atomic E-state index is 13.4. The second kappa shape index (κ2) is 12.1. The third-order valence-electron chi connectivity index (χ3n) is 6.30. The van der Waals surface area contributed by atoms with Gasteiger partial charge in [0.2, 0.25) is 21.8 Å². The number of amides is 3. The van der Waals surface area contributed by atoms with E-state index in [0.717, 1.165) is 4.90 Å². The Morgan fingerprint density at radius 3 is 2.21 bits per heavy atom. The number of aliphatic carboxylic acids is 1. The van der Waals surface area contributed by atoms with Gasteiger partial charge in [0.05, 0.1) is 12.2 Å². The number of rotatable bonds is 8. The van der Waals surface area contributed by atoms with E-state index < -0.39 is 63.8 Å². The van der Waals surface area contributed by atoms with Gasteiger partial charge < -0.3 is 24.5 Å². The Balaban J connectivity index is 1.71. The van der Waals surface area contributed by atoms with E-state index in [0.29, 0.717) is 12.0 Å². The van der Waals surface area contributed by atoms with Gasteiger partial charge in [-0.1, -0.05) is 30.3 Å². The molecule has 2 aliphatic rings. The van der Waals surface area contributed by atoms with Crippen LogP contribution in [0, 0.1) is 0 Å². The molecule has 3 rings (SSSR count). The van der Waals surface area contributed by atoms with Gasteiger partial charge in [-0.3, -0.25) is 9.59 Å². The van der Waals surface area contributed by atoms with E-state index in [9.17, 15) is 32.7 Å². The molecular formula is C25H36N4O8S. The molecule has 12 nitrogen and oxygen atoms in total. The number of carbonyl (C=O) groups excluding carboxylic acids is 3. The van der Waals surface area contributed by atoms with Gasteiger partial charge in [-0.05, 0) is 39.2 Å². The van der Waals surface area contributed by atoms with Crippen molar-refractivity contribution in [1.29, 1.82) is 0 Å². The number of carboxylic acids is 1. The predicted octanol–water partition coefficient (Wildman–Crippen LogP) is 1.02. The molecule has 3 amide bonds. The zero-order valence-corrected chi connectivity index (χ0v) is 22.8. The van der Waals surface area contributed by atoms with E-state index in [1.165, 1.54) is 9.80 Å². The molecule has 210 valence electrons. The van der Waals surface area contributed by atoms with Crippen LogP contribution in [0.25, 0.3) is 0 Å². The Hall–Kier alpha value is -3.19. The van der Waals surface area contributed by atoms with Gasteiger partial charge >= 0.3 is 12.1 Å². The highest BCUT2D eigenvalue weighted by Gasteiger charge is 2.40. The highest BCUT2D eigenvalue weighted by Crippen LogP contribution is 2.21. The molecule has 0 spiro atoms. The van der Waals surface area contributed by atoms with Gasteiger partial charge in [-0.2, -0.15) is 0 Å². The number of ether oxygens (including phenoxy) is 1. The summed E-state index contributed by atoms with van der Waals surface area (Å²) in [4.78, 5) is 54.6. The van der Waals surface area contributed by atoms with Gasteiger partial charge in [0.1, 0.15) is 17.7 Å². The zero-order chi connectivity index (χ0) is 28.1. The van der Waals surface area contributed by atoms with Crippen molar-refractivity contribution < 1.29 is 37.4 Å². The van der Waals surface area contributed by atoms with Crippen molar-refractivity contribution in [3.63, 3.8) is 0 Å². The molecule has 0 aromatic heterocycles. The molecule has 2 heterocycles. The Morgan fingerprint density at radius 2 is 1.63 bits per heavy atom. The lowest BCUT2D eigenvalue weighted by Crippen LogP contribution is -2.55. The Kier molecular flexibility index (Phi) is 9.36.